The Morgan fingerprint density at radius 3 is 2.70 bits per heavy atom. The highest BCUT2D eigenvalue weighted by Crippen LogP contribution is 2.36. The van der Waals surface area contributed by atoms with Crippen LogP contribution in [0.15, 0.2) is 22.3 Å². The predicted octanol–water partition coefficient (Wildman–Crippen LogP) is 3.47. The van der Waals surface area contributed by atoms with Crippen LogP contribution in [-0.2, 0) is 0 Å². The quantitative estimate of drug-likeness (QED) is 0.937. The van der Waals surface area contributed by atoms with Crippen molar-refractivity contribution in [2.45, 2.75) is 38.6 Å². The maximum atomic E-state index is 12.8. The topological polar surface area (TPSA) is 46.9 Å². The number of rotatable bonds is 4. The summed E-state index contributed by atoms with van der Waals surface area (Å²) < 4.78 is 1.98. The van der Waals surface area contributed by atoms with E-state index in [1.54, 1.807) is 0 Å². The zero-order valence-electron chi connectivity index (χ0n) is 12.0. The van der Waals surface area contributed by atoms with Gasteiger partial charge in [0.25, 0.3) is 5.56 Å². The highest BCUT2D eigenvalue weighted by atomic mass is 32.1. The van der Waals surface area contributed by atoms with Crippen LogP contribution in [0.5, 0.6) is 0 Å². The first kappa shape index (κ1) is 13.4. The van der Waals surface area contributed by atoms with Crippen LogP contribution >= 0.6 is 11.3 Å². The van der Waals surface area contributed by atoms with E-state index in [1.165, 1.54) is 11.3 Å². The van der Waals surface area contributed by atoms with Crippen LogP contribution in [-0.4, -0.2) is 16.6 Å². The lowest BCUT2D eigenvalue weighted by Gasteiger charge is -2.16. The molecule has 1 aliphatic carbocycles. The number of thiazole rings is 1. The molecule has 0 aromatic carbocycles. The van der Waals surface area contributed by atoms with E-state index in [2.05, 4.69) is 30.2 Å². The first-order chi connectivity index (χ1) is 9.61. The molecule has 2 aromatic heterocycles. The van der Waals surface area contributed by atoms with Gasteiger partial charge in [0.05, 0.1) is 11.3 Å². The molecular formula is C15H19N3OS. The lowest BCUT2D eigenvalue weighted by atomic mass is 10.1. The van der Waals surface area contributed by atoms with E-state index in [1.807, 2.05) is 23.1 Å². The van der Waals surface area contributed by atoms with Gasteiger partial charge in [-0.1, -0.05) is 13.8 Å². The number of hydrogen-bond acceptors (Lipinski definition) is 4. The Labute approximate surface area is 122 Å². The monoisotopic (exact) mass is 289 g/mol. The first-order valence-corrected chi connectivity index (χ1v) is 7.89. The summed E-state index contributed by atoms with van der Waals surface area (Å²) in [5, 5.41) is 5.79. The normalized spacial score (nSPS) is 14.8. The van der Waals surface area contributed by atoms with Crippen LogP contribution in [0.4, 0.5) is 5.13 Å². The van der Waals surface area contributed by atoms with E-state index >= 15 is 0 Å². The minimum atomic E-state index is 0.103. The maximum absolute atomic E-state index is 12.8. The average Bonchev–Trinajstić information content (AvgIpc) is 3.15. The highest BCUT2D eigenvalue weighted by molar-refractivity contribution is 7.14. The molecule has 1 N–H and O–H groups in total. The van der Waals surface area contributed by atoms with E-state index in [0.29, 0.717) is 17.5 Å². The van der Waals surface area contributed by atoms with Crippen LogP contribution < -0.4 is 10.9 Å². The van der Waals surface area contributed by atoms with Crippen molar-refractivity contribution in [3.05, 3.63) is 33.6 Å². The van der Waals surface area contributed by atoms with Crippen LogP contribution in [0.2, 0.25) is 0 Å². The molecule has 2 aromatic rings. The second kappa shape index (κ2) is 5.05. The van der Waals surface area contributed by atoms with Gasteiger partial charge in [-0.05, 0) is 30.9 Å². The smallest absolute Gasteiger partial charge is 0.260 e. The van der Waals surface area contributed by atoms with Crippen LogP contribution in [0, 0.1) is 0 Å². The highest BCUT2D eigenvalue weighted by Gasteiger charge is 2.28. The molecule has 1 aliphatic rings. The van der Waals surface area contributed by atoms with Gasteiger partial charge in [-0.25, -0.2) is 4.98 Å². The van der Waals surface area contributed by atoms with Gasteiger partial charge in [0, 0.05) is 24.2 Å². The van der Waals surface area contributed by atoms with E-state index < -0.39 is 0 Å². The van der Waals surface area contributed by atoms with Gasteiger partial charge in [0.2, 0.25) is 0 Å². The largest absolute Gasteiger partial charge is 0.365 e. The summed E-state index contributed by atoms with van der Waals surface area (Å²) in [5.74, 6) is 0.362. The van der Waals surface area contributed by atoms with Gasteiger partial charge in [-0.3, -0.25) is 4.79 Å². The van der Waals surface area contributed by atoms with Crippen LogP contribution in [0.1, 0.15) is 44.3 Å². The zero-order valence-corrected chi connectivity index (χ0v) is 12.8. The molecule has 0 atom stereocenters. The average molecular weight is 289 g/mol. The maximum Gasteiger partial charge on any atom is 0.260 e. The third kappa shape index (κ3) is 2.26. The fraction of sp³-hybridized carbons (Fsp3) is 0.467. The third-order valence-electron chi connectivity index (χ3n) is 3.65. The summed E-state index contributed by atoms with van der Waals surface area (Å²) in [6.07, 6.45) is 2.23. The Balaban J connectivity index is 2.13. The molecule has 4 nitrogen and oxygen atoms in total. The fourth-order valence-electron chi connectivity index (χ4n) is 2.45. The molecule has 1 fully saturated rings. The van der Waals surface area contributed by atoms with Crippen molar-refractivity contribution in [2.24, 2.45) is 0 Å². The number of aromatic nitrogens is 2. The van der Waals surface area contributed by atoms with E-state index in [4.69, 9.17) is 0 Å². The minimum Gasteiger partial charge on any atom is -0.365 e. The molecule has 0 radical (unpaired) electrons. The lowest BCUT2D eigenvalue weighted by Crippen LogP contribution is -2.24. The van der Waals surface area contributed by atoms with Gasteiger partial charge >= 0.3 is 0 Å². The van der Waals surface area contributed by atoms with Gasteiger partial charge in [0.1, 0.15) is 0 Å². The molecule has 2 heterocycles. The number of anilines is 1. The molecule has 106 valence electrons. The first-order valence-electron chi connectivity index (χ1n) is 7.01. The SMILES string of the molecule is CNc1nc(-c2ccc(C(C)C)n(C3CC3)c2=O)cs1. The predicted molar refractivity (Wildman–Crippen MR) is 83.7 cm³/mol. The van der Waals surface area contributed by atoms with Crippen molar-refractivity contribution >= 4 is 16.5 Å². The minimum absolute atomic E-state index is 0.103. The van der Waals surface area contributed by atoms with Crippen molar-refractivity contribution < 1.29 is 0 Å². The molecule has 0 aliphatic heterocycles. The summed E-state index contributed by atoms with van der Waals surface area (Å²) in [7, 11) is 1.84. The van der Waals surface area contributed by atoms with Gasteiger partial charge in [-0.15, -0.1) is 11.3 Å². The molecule has 0 spiro atoms. The number of pyridine rings is 1. The van der Waals surface area contributed by atoms with E-state index in [9.17, 15) is 4.79 Å². The van der Waals surface area contributed by atoms with Crippen molar-refractivity contribution in [1.82, 2.24) is 9.55 Å². The third-order valence-corrected chi connectivity index (χ3v) is 4.51. The summed E-state index contributed by atoms with van der Waals surface area (Å²) in [6, 6.07) is 4.39. The van der Waals surface area contributed by atoms with E-state index in [-0.39, 0.29) is 5.56 Å². The molecule has 0 saturated heterocycles. The fourth-order valence-corrected chi connectivity index (χ4v) is 3.13. The molecule has 20 heavy (non-hydrogen) atoms. The zero-order chi connectivity index (χ0) is 14.3. The Morgan fingerprint density at radius 1 is 1.40 bits per heavy atom. The Hall–Kier alpha value is -1.62. The number of hydrogen-bond donors (Lipinski definition) is 1. The van der Waals surface area contributed by atoms with Crippen LogP contribution in [0.3, 0.4) is 0 Å². The Bertz CT molecular complexity index is 683. The van der Waals surface area contributed by atoms with Crippen molar-refractivity contribution in [3.8, 4) is 11.3 Å². The molecular weight excluding hydrogens is 270 g/mol. The molecule has 0 bridgehead atoms. The summed E-state index contributed by atoms with van der Waals surface area (Å²) in [6.45, 7) is 4.27. The van der Waals surface area contributed by atoms with Gasteiger partial charge in [0.15, 0.2) is 5.13 Å². The van der Waals surface area contributed by atoms with Crippen molar-refractivity contribution in [3.63, 3.8) is 0 Å². The summed E-state index contributed by atoms with van der Waals surface area (Å²) in [4.78, 5) is 17.2. The van der Waals surface area contributed by atoms with Gasteiger partial charge < -0.3 is 9.88 Å². The standard InChI is InChI=1S/C15H19N3OS/c1-9(2)13-7-6-11(12-8-20-15(16-3)17-12)14(19)18(13)10-4-5-10/h6-10H,4-5H2,1-3H3,(H,16,17). The second-order valence-electron chi connectivity index (χ2n) is 5.52. The van der Waals surface area contributed by atoms with Crippen molar-refractivity contribution in [1.29, 1.82) is 0 Å². The van der Waals surface area contributed by atoms with E-state index in [0.717, 1.165) is 29.4 Å². The van der Waals surface area contributed by atoms with Crippen molar-refractivity contribution in [2.75, 3.05) is 12.4 Å². The summed E-state index contributed by atoms with van der Waals surface area (Å²) >= 11 is 1.52. The second-order valence-corrected chi connectivity index (χ2v) is 6.38. The molecule has 0 unspecified atom stereocenters. The number of nitrogens with zero attached hydrogens (tertiary/aromatic N) is 2. The molecule has 3 rings (SSSR count). The number of nitrogens with one attached hydrogen (secondary N) is 1. The van der Waals surface area contributed by atoms with Crippen LogP contribution in [0.25, 0.3) is 11.3 Å². The Morgan fingerprint density at radius 2 is 2.15 bits per heavy atom. The molecule has 5 heteroatoms. The lowest BCUT2D eigenvalue weighted by molar-refractivity contribution is 0.627. The molecule has 0 amide bonds. The van der Waals surface area contributed by atoms with Gasteiger partial charge in [-0.2, -0.15) is 0 Å². The summed E-state index contributed by atoms with van der Waals surface area (Å²) in [5.41, 5.74) is 2.71. The molecule has 1 saturated carbocycles. The Kier molecular flexibility index (Phi) is 3.38.